The molecule has 0 atom stereocenters. The van der Waals surface area contributed by atoms with E-state index >= 15 is 0 Å². The SMILES string of the molecule is O=C(NCCCOc1c(Cl)cc(O)cc1Cl)c1ccc(OC(F)(F)F)cc1. The van der Waals surface area contributed by atoms with Crippen molar-refractivity contribution in [1.29, 1.82) is 0 Å². The van der Waals surface area contributed by atoms with Gasteiger partial charge in [-0.05, 0) is 30.7 Å². The molecule has 0 heterocycles. The predicted molar refractivity (Wildman–Crippen MR) is 93.7 cm³/mol. The second-order valence-corrected chi connectivity index (χ2v) is 6.08. The molecule has 2 N–H and O–H groups in total. The fourth-order valence-corrected chi connectivity index (χ4v) is 2.63. The standard InChI is InChI=1S/C17H14Cl2F3NO4/c18-13-8-11(24)9-14(19)15(13)26-7-1-6-23-16(25)10-2-4-12(5-3-10)27-17(20,21)22/h2-5,8-9,24H,1,6-7H2,(H,23,25). The van der Waals surface area contributed by atoms with Crippen molar-refractivity contribution < 1.29 is 32.5 Å². The van der Waals surface area contributed by atoms with Gasteiger partial charge in [-0.1, -0.05) is 23.2 Å². The Morgan fingerprint density at radius 1 is 1.11 bits per heavy atom. The molecule has 1 amide bonds. The van der Waals surface area contributed by atoms with Gasteiger partial charge in [-0.3, -0.25) is 4.79 Å². The summed E-state index contributed by atoms with van der Waals surface area (Å²) in [5.74, 6) is -0.719. The summed E-state index contributed by atoms with van der Waals surface area (Å²) in [6, 6.07) is 7.14. The summed E-state index contributed by atoms with van der Waals surface area (Å²) >= 11 is 11.8. The van der Waals surface area contributed by atoms with Crippen molar-refractivity contribution in [3.8, 4) is 17.2 Å². The molecule has 146 valence electrons. The minimum Gasteiger partial charge on any atom is -0.508 e. The average molecular weight is 424 g/mol. The highest BCUT2D eigenvalue weighted by atomic mass is 35.5. The van der Waals surface area contributed by atoms with Crippen LogP contribution in [-0.4, -0.2) is 30.5 Å². The van der Waals surface area contributed by atoms with Gasteiger partial charge in [0.1, 0.15) is 11.5 Å². The van der Waals surface area contributed by atoms with Crippen LogP contribution in [0, 0.1) is 0 Å². The molecule has 0 aliphatic carbocycles. The zero-order valence-corrected chi connectivity index (χ0v) is 15.2. The lowest BCUT2D eigenvalue weighted by molar-refractivity contribution is -0.274. The summed E-state index contributed by atoms with van der Waals surface area (Å²) in [7, 11) is 0. The number of carbonyl (C=O) groups is 1. The number of halogens is 5. The van der Waals surface area contributed by atoms with Crippen LogP contribution in [0.4, 0.5) is 13.2 Å². The summed E-state index contributed by atoms with van der Waals surface area (Å²) < 4.78 is 45.4. The van der Waals surface area contributed by atoms with E-state index in [0.717, 1.165) is 12.1 Å². The maximum Gasteiger partial charge on any atom is 0.573 e. The van der Waals surface area contributed by atoms with E-state index < -0.39 is 18.0 Å². The van der Waals surface area contributed by atoms with E-state index in [1.807, 2.05) is 0 Å². The van der Waals surface area contributed by atoms with E-state index in [4.69, 9.17) is 27.9 Å². The molecule has 0 aliphatic heterocycles. The molecule has 2 rings (SSSR count). The molecular formula is C17H14Cl2F3NO4. The maximum atomic E-state index is 12.1. The minimum atomic E-state index is -4.78. The first-order valence-electron chi connectivity index (χ1n) is 7.60. The van der Waals surface area contributed by atoms with Gasteiger partial charge >= 0.3 is 6.36 Å². The predicted octanol–water partition coefficient (Wildman–Crippen LogP) is 4.80. The van der Waals surface area contributed by atoms with Gasteiger partial charge in [0, 0.05) is 24.2 Å². The van der Waals surface area contributed by atoms with Gasteiger partial charge in [0.25, 0.3) is 5.91 Å². The summed E-state index contributed by atoms with van der Waals surface area (Å²) in [5, 5.41) is 12.3. The van der Waals surface area contributed by atoms with Crippen LogP contribution in [-0.2, 0) is 0 Å². The summed E-state index contributed by atoms with van der Waals surface area (Å²) in [5.41, 5.74) is 0.190. The van der Waals surface area contributed by atoms with Gasteiger partial charge in [-0.25, -0.2) is 0 Å². The highest BCUT2D eigenvalue weighted by molar-refractivity contribution is 6.37. The quantitative estimate of drug-likeness (QED) is 0.627. The smallest absolute Gasteiger partial charge is 0.508 e. The Morgan fingerprint density at radius 2 is 1.70 bits per heavy atom. The van der Waals surface area contributed by atoms with Crippen LogP contribution in [0.3, 0.4) is 0 Å². The molecule has 0 fully saturated rings. The third-order valence-corrected chi connectivity index (χ3v) is 3.75. The number of phenolic OH excluding ortho intramolecular Hbond substituents is 1. The van der Waals surface area contributed by atoms with Crippen molar-refractivity contribution >= 4 is 29.1 Å². The largest absolute Gasteiger partial charge is 0.573 e. The van der Waals surface area contributed by atoms with Crippen molar-refractivity contribution in [3.05, 3.63) is 52.0 Å². The van der Waals surface area contributed by atoms with E-state index in [0.29, 0.717) is 6.42 Å². The number of amides is 1. The number of hydrogen-bond acceptors (Lipinski definition) is 4. The number of rotatable bonds is 7. The number of benzene rings is 2. The topological polar surface area (TPSA) is 67.8 Å². The first-order valence-corrected chi connectivity index (χ1v) is 8.36. The third-order valence-electron chi connectivity index (χ3n) is 3.19. The number of hydrogen-bond donors (Lipinski definition) is 2. The third kappa shape index (κ3) is 6.73. The average Bonchev–Trinajstić information content (AvgIpc) is 2.55. The van der Waals surface area contributed by atoms with E-state index in [1.54, 1.807) is 0 Å². The Labute approximate surface area is 162 Å². The second-order valence-electron chi connectivity index (χ2n) is 5.27. The van der Waals surface area contributed by atoms with Crippen molar-refractivity contribution in [2.24, 2.45) is 0 Å². The zero-order valence-electron chi connectivity index (χ0n) is 13.6. The first-order chi connectivity index (χ1) is 12.7. The lowest BCUT2D eigenvalue weighted by Crippen LogP contribution is -2.25. The van der Waals surface area contributed by atoms with Crippen LogP contribution >= 0.6 is 23.2 Å². The number of alkyl halides is 3. The summed E-state index contributed by atoms with van der Waals surface area (Å²) in [4.78, 5) is 11.9. The number of nitrogens with one attached hydrogen (secondary N) is 1. The number of aromatic hydroxyl groups is 1. The fourth-order valence-electron chi connectivity index (χ4n) is 2.04. The molecule has 0 spiro atoms. The Balaban J connectivity index is 1.76. The van der Waals surface area contributed by atoms with E-state index in [2.05, 4.69) is 10.1 Å². The van der Waals surface area contributed by atoms with Gasteiger partial charge in [-0.15, -0.1) is 13.2 Å². The zero-order chi connectivity index (χ0) is 20.0. The fraction of sp³-hybridized carbons (Fsp3) is 0.235. The highest BCUT2D eigenvalue weighted by Crippen LogP contribution is 2.36. The Kier molecular flexibility index (Phi) is 7.04. The maximum absolute atomic E-state index is 12.1. The van der Waals surface area contributed by atoms with Crippen LogP contribution in [0.5, 0.6) is 17.2 Å². The molecule has 0 aliphatic rings. The van der Waals surface area contributed by atoms with Crippen molar-refractivity contribution in [3.63, 3.8) is 0 Å². The van der Waals surface area contributed by atoms with E-state index in [1.165, 1.54) is 24.3 Å². The molecule has 5 nitrogen and oxygen atoms in total. The van der Waals surface area contributed by atoms with Gasteiger partial charge in [-0.2, -0.15) is 0 Å². The van der Waals surface area contributed by atoms with Gasteiger partial charge in [0.05, 0.1) is 16.7 Å². The first kappa shape index (κ1) is 21.0. The van der Waals surface area contributed by atoms with Crippen molar-refractivity contribution in [2.75, 3.05) is 13.2 Å². The van der Waals surface area contributed by atoms with Crippen LogP contribution in [0.1, 0.15) is 16.8 Å². The normalized spacial score (nSPS) is 11.1. The van der Waals surface area contributed by atoms with Crippen LogP contribution < -0.4 is 14.8 Å². The minimum absolute atomic E-state index is 0.0868. The van der Waals surface area contributed by atoms with Gasteiger partial charge < -0.3 is 19.9 Å². The molecule has 0 saturated carbocycles. The molecule has 0 radical (unpaired) electrons. The van der Waals surface area contributed by atoms with Gasteiger partial charge in [0.15, 0.2) is 5.75 Å². The van der Waals surface area contributed by atoms with Crippen molar-refractivity contribution in [2.45, 2.75) is 12.8 Å². The molecule has 0 unspecified atom stereocenters. The van der Waals surface area contributed by atoms with E-state index in [9.17, 15) is 23.1 Å². The van der Waals surface area contributed by atoms with Crippen LogP contribution in [0.25, 0.3) is 0 Å². The molecule has 2 aromatic carbocycles. The molecule has 0 bridgehead atoms. The summed E-state index contributed by atoms with van der Waals surface area (Å²) in [6.45, 7) is 0.454. The summed E-state index contributed by atoms with van der Waals surface area (Å²) in [6.07, 6.45) is -4.36. The number of ether oxygens (including phenoxy) is 2. The Morgan fingerprint density at radius 3 is 2.26 bits per heavy atom. The van der Waals surface area contributed by atoms with Crippen LogP contribution in [0.15, 0.2) is 36.4 Å². The molecule has 10 heteroatoms. The Hall–Kier alpha value is -2.32. The number of phenols is 1. The molecule has 0 aromatic heterocycles. The molecule has 2 aromatic rings. The lowest BCUT2D eigenvalue weighted by atomic mass is 10.2. The van der Waals surface area contributed by atoms with Crippen LogP contribution in [0.2, 0.25) is 10.0 Å². The lowest BCUT2D eigenvalue weighted by Gasteiger charge is -2.11. The highest BCUT2D eigenvalue weighted by Gasteiger charge is 2.31. The van der Waals surface area contributed by atoms with Gasteiger partial charge in [0.2, 0.25) is 0 Å². The number of carbonyl (C=O) groups excluding carboxylic acids is 1. The Bertz CT molecular complexity index is 775. The molecule has 27 heavy (non-hydrogen) atoms. The second kappa shape index (κ2) is 9.05. The van der Waals surface area contributed by atoms with Crippen molar-refractivity contribution in [1.82, 2.24) is 5.32 Å². The molecule has 0 saturated heterocycles. The monoisotopic (exact) mass is 423 g/mol. The molecular weight excluding hydrogens is 410 g/mol. The van der Waals surface area contributed by atoms with E-state index in [-0.39, 0.29) is 40.3 Å².